The predicted octanol–water partition coefficient (Wildman–Crippen LogP) is 2.71. The van der Waals surface area contributed by atoms with Gasteiger partial charge in [-0.1, -0.05) is 42.5 Å². The van der Waals surface area contributed by atoms with Crippen LogP contribution in [0.25, 0.3) is 11.1 Å². The Hall–Kier alpha value is -4.42. The number of primary sulfonamides is 1. The molecule has 0 fully saturated rings. The summed E-state index contributed by atoms with van der Waals surface area (Å²) in [4.78, 5) is 25.1. The van der Waals surface area contributed by atoms with Crippen LogP contribution in [0.5, 0.6) is 0 Å². The molecule has 188 valence electrons. The monoisotopic (exact) mass is 510 g/mol. The van der Waals surface area contributed by atoms with Crippen molar-refractivity contribution >= 4 is 39.2 Å². The minimum atomic E-state index is -3.93. The maximum Gasteiger partial charge on any atom is 0.341 e. The van der Waals surface area contributed by atoms with Gasteiger partial charge in [-0.05, 0) is 42.8 Å². The molecular formula is C24H26N6O5S. The number of hydrogen-bond acceptors (Lipinski definition) is 7. The lowest BCUT2D eigenvalue weighted by Crippen LogP contribution is -2.43. The zero-order valence-electron chi connectivity index (χ0n) is 19.4. The summed E-state index contributed by atoms with van der Waals surface area (Å²) in [5.41, 5.74) is 10.6. The van der Waals surface area contributed by atoms with E-state index in [0.29, 0.717) is 28.1 Å². The Balaban J connectivity index is 1.81. The molecule has 0 heterocycles. The number of nitrogens with one attached hydrogen (secondary N) is 3. The Morgan fingerprint density at radius 3 is 2.33 bits per heavy atom. The van der Waals surface area contributed by atoms with Gasteiger partial charge < -0.3 is 15.8 Å². The molecule has 0 aromatic heterocycles. The number of amides is 2. The third-order valence-electron chi connectivity index (χ3n) is 4.92. The summed E-state index contributed by atoms with van der Waals surface area (Å²) in [5.74, 6) is -0.776. The number of carbonyl (C=O) groups excluding carboxylic acids is 2. The van der Waals surface area contributed by atoms with Crippen LogP contribution >= 0.6 is 0 Å². The maximum atomic E-state index is 13.0. The second kappa shape index (κ2) is 11.3. The van der Waals surface area contributed by atoms with Gasteiger partial charge in [-0.2, -0.15) is 0 Å². The van der Waals surface area contributed by atoms with Gasteiger partial charge in [0.1, 0.15) is 12.4 Å². The largest absolute Gasteiger partial charge is 0.465 e. The van der Waals surface area contributed by atoms with Crippen molar-refractivity contribution in [1.29, 1.82) is 5.41 Å². The van der Waals surface area contributed by atoms with Crippen molar-refractivity contribution in [2.24, 2.45) is 10.9 Å². The summed E-state index contributed by atoms with van der Waals surface area (Å²) in [6.45, 7) is 1.40. The molecule has 3 aromatic rings. The second-order valence-electron chi connectivity index (χ2n) is 7.55. The summed E-state index contributed by atoms with van der Waals surface area (Å²) < 4.78 is 28.8. The number of benzene rings is 3. The van der Waals surface area contributed by atoms with E-state index in [9.17, 15) is 18.0 Å². The van der Waals surface area contributed by atoms with Crippen LogP contribution in [0, 0.1) is 5.41 Å². The van der Waals surface area contributed by atoms with E-state index in [4.69, 9.17) is 21.0 Å². The Bertz CT molecular complexity index is 1380. The van der Waals surface area contributed by atoms with E-state index >= 15 is 0 Å². The fraction of sp³-hybridized carbons (Fsp3) is 0.125. The van der Waals surface area contributed by atoms with Crippen LogP contribution in [0.2, 0.25) is 0 Å². The van der Waals surface area contributed by atoms with Gasteiger partial charge in [-0.3, -0.25) is 15.6 Å². The van der Waals surface area contributed by atoms with Crippen molar-refractivity contribution in [2.45, 2.75) is 11.8 Å². The number of hydrogen-bond donors (Lipinski definition) is 5. The van der Waals surface area contributed by atoms with Crippen LogP contribution in [0.4, 0.5) is 16.2 Å². The SMILES string of the molecule is CCOC(=O)CN(Nc1cccc(C(=N)N)c1)C(=O)Nc1ccc(-c2ccccc2S(N)(=O)=O)cc1. The van der Waals surface area contributed by atoms with Gasteiger partial charge in [0.15, 0.2) is 0 Å². The lowest BCUT2D eigenvalue weighted by atomic mass is 10.1. The molecule has 0 spiro atoms. The highest BCUT2D eigenvalue weighted by atomic mass is 32.2. The second-order valence-corrected chi connectivity index (χ2v) is 9.08. The molecule has 0 aliphatic carbocycles. The molecule has 0 aliphatic rings. The van der Waals surface area contributed by atoms with Gasteiger partial charge in [-0.25, -0.2) is 23.4 Å². The highest BCUT2D eigenvalue weighted by molar-refractivity contribution is 7.89. The molecule has 3 aromatic carbocycles. The Morgan fingerprint density at radius 2 is 1.69 bits per heavy atom. The molecule has 0 saturated heterocycles. The third kappa shape index (κ3) is 6.81. The van der Waals surface area contributed by atoms with E-state index in [1.165, 1.54) is 6.07 Å². The van der Waals surface area contributed by atoms with Crippen molar-refractivity contribution in [1.82, 2.24) is 5.01 Å². The maximum absolute atomic E-state index is 13.0. The molecule has 0 aliphatic heterocycles. The van der Waals surface area contributed by atoms with E-state index in [1.807, 2.05) is 0 Å². The Morgan fingerprint density at radius 1 is 1.00 bits per heavy atom. The van der Waals surface area contributed by atoms with E-state index < -0.39 is 28.6 Å². The van der Waals surface area contributed by atoms with E-state index in [-0.39, 0.29) is 17.3 Å². The first-order chi connectivity index (χ1) is 17.1. The third-order valence-corrected chi connectivity index (χ3v) is 5.89. The van der Waals surface area contributed by atoms with Crippen LogP contribution in [0.15, 0.2) is 77.7 Å². The molecule has 0 bridgehead atoms. The number of ether oxygens (including phenoxy) is 1. The van der Waals surface area contributed by atoms with Gasteiger partial charge in [-0.15, -0.1) is 0 Å². The topological polar surface area (TPSA) is 181 Å². The summed E-state index contributed by atoms with van der Waals surface area (Å²) >= 11 is 0. The minimum absolute atomic E-state index is 0.0145. The Labute approximate surface area is 208 Å². The van der Waals surface area contributed by atoms with Crippen molar-refractivity contribution in [3.63, 3.8) is 0 Å². The van der Waals surface area contributed by atoms with Gasteiger partial charge in [0, 0.05) is 16.8 Å². The van der Waals surface area contributed by atoms with E-state index in [2.05, 4.69) is 10.7 Å². The van der Waals surface area contributed by atoms with Crippen LogP contribution in [-0.4, -0.2) is 44.4 Å². The molecule has 11 nitrogen and oxygen atoms in total. The molecule has 0 radical (unpaired) electrons. The van der Waals surface area contributed by atoms with Crippen molar-refractivity contribution in [2.75, 3.05) is 23.9 Å². The van der Waals surface area contributed by atoms with Crippen LogP contribution in [0.1, 0.15) is 12.5 Å². The van der Waals surface area contributed by atoms with Gasteiger partial charge >= 0.3 is 12.0 Å². The lowest BCUT2D eigenvalue weighted by Gasteiger charge is -2.24. The number of urea groups is 1. The van der Waals surface area contributed by atoms with E-state index in [1.54, 1.807) is 73.7 Å². The molecule has 0 atom stereocenters. The van der Waals surface area contributed by atoms with Crippen molar-refractivity contribution < 1.29 is 22.7 Å². The van der Waals surface area contributed by atoms with Gasteiger partial charge in [0.05, 0.1) is 17.2 Å². The number of anilines is 2. The summed E-state index contributed by atoms with van der Waals surface area (Å²) in [7, 11) is -3.93. The zero-order valence-corrected chi connectivity index (χ0v) is 20.2. The number of nitrogens with two attached hydrogens (primary N) is 2. The fourth-order valence-corrected chi connectivity index (χ4v) is 4.05. The molecule has 36 heavy (non-hydrogen) atoms. The standard InChI is InChI=1S/C24H26N6O5S/c1-2-35-22(31)15-30(29-19-7-5-6-17(14-19)23(25)26)24(32)28-18-12-10-16(11-13-18)20-8-3-4-9-21(20)36(27,33)34/h3-14,29H,2,15H2,1H3,(H3,25,26)(H,28,32)(H2,27,33,34). The lowest BCUT2D eigenvalue weighted by molar-refractivity contribution is -0.143. The smallest absolute Gasteiger partial charge is 0.341 e. The number of hydrazine groups is 1. The summed E-state index contributed by atoms with van der Waals surface area (Å²) in [5, 5.41) is 16.6. The number of nitrogen functional groups attached to an aromatic ring is 1. The summed E-state index contributed by atoms with van der Waals surface area (Å²) in [6, 6.07) is 18.6. The average Bonchev–Trinajstić information content (AvgIpc) is 2.84. The van der Waals surface area contributed by atoms with Crippen LogP contribution < -0.4 is 21.6 Å². The highest BCUT2D eigenvalue weighted by Gasteiger charge is 2.19. The zero-order chi connectivity index (χ0) is 26.3. The van der Waals surface area contributed by atoms with Crippen molar-refractivity contribution in [3.05, 3.63) is 78.4 Å². The molecule has 0 saturated carbocycles. The molecule has 7 N–H and O–H groups in total. The number of sulfonamides is 1. The number of rotatable bonds is 9. The molecule has 12 heteroatoms. The first kappa shape index (κ1) is 26.2. The Kier molecular flexibility index (Phi) is 8.25. The number of nitrogens with zero attached hydrogens (tertiary/aromatic N) is 1. The summed E-state index contributed by atoms with van der Waals surface area (Å²) in [6.07, 6.45) is 0. The van der Waals surface area contributed by atoms with Crippen LogP contribution in [-0.2, 0) is 19.6 Å². The average molecular weight is 511 g/mol. The quantitative estimate of drug-likeness (QED) is 0.127. The van der Waals surface area contributed by atoms with Gasteiger partial charge in [0.25, 0.3) is 0 Å². The molecule has 2 amide bonds. The van der Waals surface area contributed by atoms with Crippen LogP contribution in [0.3, 0.4) is 0 Å². The number of amidine groups is 1. The predicted molar refractivity (Wildman–Crippen MR) is 137 cm³/mol. The van der Waals surface area contributed by atoms with Gasteiger partial charge in [0.2, 0.25) is 10.0 Å². The highest BCUT2D eigenvalue weighted by Crippen LogP contribution is 2.27. The fourth-order valence-electron chi connectivity index (χ4n) is 3.29. The number of esters is 1. The first-order valence-corrected chi connectivity index (χ1v) is 12.3. The first-order valence-electron chi connectivity index (χ1n) is 10.8. The molecule has 0 unspecified atom stereocenters. The molecular weight excluding hydrogens is 484 g/mol. The van der Waals surface area contributed by atoms with E-state index in [0.717, 1.165) is 5.01 Å². The molecule has 3 rings (SSSR count). The number of carbonyl (C=O) groups is 2. The minimum Gasteiger partial charge on any atom is -0.465 e. The van der Waals surface area contributed by atoms with Crippen molar-refractivity contribution in [3.8, 4) is 11.1 Å². The normalized spacial score (nSPS) is 10.8.